The van der Waals surface area contributed by atoms with Crippen molar-refractivity contribution in [2.75, 3.05) is 37.6 Å². The molecule has 0 radical (unpaired) electrons. The largest absolute Gasteiger partial charge is 0.368 e. The van der Waals surface area contributed by atoms with Gasteiger partial charge in [0.25, 0.3) is 5.91 Å². The standard InChI is InChI=1S/C26H28Cl2N4O/c27-22-6-2-8-24(25(22)28)32-14-12-31(13-15-32)11-9-18-16-19(17-18)30-26(33)21-4-1-7-23-20(21)5-3-10-29-23/h1-8,10,18-19H,9,11-17H2,(H,30,33)/t18-,19-. The van der Waals surface area contributed by atoms with Gasteiger partial charge in [0.2, 0.25) is 0 Å². The Kier molecular flexibility index (Phi) is 6.72. The molecule has 2 fully saturated rings. The van der Waals surface area contributed by atoms with Gasteiger partial charge in [-0.3, -0.25) is 14.7 Å². The lowest BCUT2D eigenvalue weighted by Crippen LogP contribution is -2.48. The summed E-state index contributed by atoms with van der Waals surface area (Å²) in [6, 6.07) is 15.7. The van der Waals surface area contributed by atoms with E-state index in [1.807, 2.05) is 48.5 Å². The van der Waals surface area contributed by atoms with Crippen LogP contribution in [0.3, 0.4) is 0 Å². The fraction of sp³-hybridized carbons (Fsp3) is 0.385. The van der Waals surface area contributed by atoms with Crippen LogP contribution in [-0.2, 0) is 0 Å². The van der Waals surface area contributed by atoms with Crippen LogP contribution >= 0.6 is 23.2 Å². The van der Waals surface area contributed by atoms with Crippen LogP contribution in [0.4, 0.5) is 5.69 Å². The monoisotopic (exact) mass is 482 g/mol. The summed E-state index contributed by atoms with van der Waals surface area (Å²) in [4.78, 5) is 22.0. The van der Waals surface area contributed by atoms with Gasteiger partial charge >= 0.3 is 0 Å². The van der Waals surface area contributed by atoms with Crippen LogP contribution in [0.5, 0.6) is 0 Å². The Morgan fingerprint density at radius 2 is 1.79 bits per heavy atom. The summed E-state index contributed by atoms with van der Waals surface area (Å²) in [5.41, 5.74) is 2.60. The zero-order valence-corrected chi connectivity index (χ0v) is 20.0. The average Bonchev–Trinajstić information content (AvgIpc) is 2.82. The number of rotatable bonds is 6. The summed E-state index contributed by atoms with van der Waals surface area (Å²) in [6.45, 7) is 5.10. The normalized spacial score (nSPS) is 21.1. The van der Waals surface area contributed by atoms with Crippen molar-refractivity contribution in [3.05, 3.63) is 70.3 Å². The molecule has 1 aliphatic carbocycles. The highest BCUT2D eigenvalue weighted by atomic mass is 35.5. The number of benzene rings is 2. The van der Waals surface area contributed by atoms with Gasteiger partial charge in [0, 0.05) is 49.4 Å². The number of carbonyl (C=O) groups is 1. The van der Waals surface area contributed by atoms with Gasteiger partial charge in [-0.05, 0) is 62.1 Å². The summed E-state index contributed by atoms with van der Waals surface area (Å²) in [7, 11) is 0. The van der Waals surface area contributed by atoms with E-state index in [0.29, 0.717) is 21.5 Å². The van der Waals surface area contributed by atoms with E-state index in [2.05, 4.69) is 20.1 Å². The molecular weight excluding hydrogens is 455 g/mol. The van der Waals surface area contributed by atoms with Crippen molar-refractivity contribution in [3.63, 3.8) is 0 Å². The highest BCUT2D eigenvalue weighted by Gasteiger charge is 2.31. The number of halogens is 2. The predicted molar refractivity (Wildman–Crippen MR) is 135 cm³/mol. The van der Waals surface area contributed by atoms with Crippen molar-refractivity contribution in [1.82, 2.24) is 15.2 Å². The topological polar surface area (TPSA) is 48.5 Å². The zero-order valence-electron chi connectivity index (χ0n) is 18.5. The first-order valence-electron chi connectivity index (χ1n) is 11.6. The number of hydrogen-bond acceptors (Lipinski definition) is 4. The van der Waals surface area contributed by atoms with E-state index in [-0.39, 0.29) is 11.9 Å². The first-order valence-corrected chi connectivity index (χ1v) is 12.4. The Hall–Kier alpha value is -2.34. The second kappa shape index (κ2) is 9.88. The van der Waals surface area contributed by atoms with Crippen molar-refractivity contribution >= 4 is 45.7 Å². The van der Waals surface area contributed by atoms with E-state index in [9.17, 15) is 4.79 Å². The predicted octanol–water partition coefficient (Wildman–Crippen LogP) is 5.26. The number of piperazine rings is 1. The quantitative estimate of drug-likeness (QED) is 0.520. The minimum Gasteiger partial charge on any atom is -0.368 e. The van der Waals surface area contributed by atoms with E-state index in [1.54, 1.807) is 6.20 Å². The first kappa shape index (κ1) is 22.5. The number of pyridine rings is 1. The molecule has 0 bridgehead atoms. The maximum Gasteiger partial charge on any atom is 0.252 e. The van der Waals surface area contributed by atoms with Crippen LogP contribution in [-0.4, -0.2) is 54.6 Å². The molecule has 3 aromatic rings. The van der Waals surface area contributed by atoms with Gasteiger partial charge in [-0.1, -0.05) is 41.4 Å². The Labute approximate surface area is 204 Å². The van der Waals surface area contributed by atoms with Gasteiger partial charge in [0.1, 0.15) is 0 Å². The Morgan fingerprint density at radius 3 is 2.61 bits per heavy atom. The Bertz CT molecular complexity index is 1130. The molecule has 0 spiro atoms. The van der Waals surface area contributed by atoms with Gasteiger partial charge in [0.05, 0.1) is 21.2 Å². The molecule has 2 aromatic carbocycles. The molecule has 1 N–H and O–H groups in total. The number of amides is 1. The van der Waals surface area contributed by atoms with E-state index >= 15 is 0 Å². The van der Waals surface area contributed by atoms with Crippen molar-refractivity contribution in [3.8, 4) is 0 Å². The third-order valence-corrected chi connectivity index (χ3v) is 7.77. The molecule has 5 nitrogen and oxygen atoms in total. The summed E-state index contributed by atoms with van der Waals surface area (Å²) in [6.07, 6.45) is 5.06. The fourth-order valence-corrected chi connectivity index (χ4v) is 5.38. The molecule has 2 heterocycles. The third kappa shape index (κ3) is 4.96. The van der Waals surface area contributed by atoms with Crippen molar-refractivity contribution in [2.24, 2.45) is 5.92 Å². The minimum atomic E-state index is 0.00727. The Balaban J connectivity index is 1.05. The number of anilines is 1. The van der Waals surface area contributed by atoms with E-state index in [0.717, 1.165) is 62.2 Å². The molecule has 0 unspecified atom stereocenters. The van der Waals surface area contributed by atoms with Crippen LogP contribution in [0, 0.1) is 5.92 Å². The molecule has 33 heavy (non-hydrogen) atoms. The first-order chi connectivity index (χ1) is 16.1. The number of hydrogen-bond donors (Lipinski definition) is 1. The van der Waals surface area contributed by atoms with Crippen molar-refractivity contribution in [1.29, 1.82) is 0 Å². The molecule has 1 saturated heterocycles. The summed E-state index contributed by atoms with van der Waals surface area (Å²) in [5.74, 6) is 0.692. The second-order valence-corrected chi connectivity index (χ2v) is 9.86. The van der Waals surface area contributed by atoms with E-state index < -0.39 is 0 Å². The van der Waals surface area contributed by atoms with Crippen LogP contribution in [0.1, 0.15) is 29.6 Å². The van der Waals surface area contributed by atoms with Gasteiger partial charge in [-0.15, -0.1) is 0 Å². The van der Waals surface area contributed by atoms with E-state index in [1.165, 1.54) is 6.42 Å². The molecule has 7 heteroatoms. The number of nitrogens with zero attached hydrogens (tertiary/aromatic N) is 3. The minimum absolute atomic E-state index is 0.00727. The molecule has 2 aliphatic rings. The number of fused-ring (bicyclic) bond motifs is 1. The van der Waals surface area contributed by atoms with Crippen molar-refractivity contribution in [2.45, 2.75) is 25.3 Å². The summed E-state index contributed by atoms with van der Waals surface area (Å²) in [5, 5.41) is 5.38. The van der Waals surface area contributed by atoms with Gasteiger partial charge in [-0.2, -0.15) is 0 Å². The average molecular weight is 483 g/mol. The SMILES string of the molecule is O=C(N[C@H]1C[C@H](CCN2CCN(c3cccc(Cl)c3Cl)CC2)C1)c1cccc2ncccc12. The van der Waals surface area contributed by atoms with Crippen LogP contribution < -0.4 is 10.2 Å². The van der Waals surface area contributed by atoms with Crippen LogP contribution in [0.25, 0.3) is 10.9 Å². The smallest absolute Gasteiger partial charge is 0.252 e. The van der Waals surface area contributed by atoms with Gasteiger partial charge in [0.15, 0.2) is 0 Å². The molecule has 5 rings (SSSR count). The zero-order chi connectivity index (χ0) is 22.8. The molecular formula is C26H28Cl2N4O. The highest BCUT2D eigenvalue weighted by Crippen LogP contribution is 2.34. The summed E-state index contributed by atoms with van der Waals surface area (Å²) >= 11 is 12.6. The maximum atomic E-state index is 12.8. The molecule has 0 atom stereocenters. The van der Waals surface area contributed by atoms with Gasteiger partial charge < -0.3 is 10.2 Å². The lowest BCUT2D eigenvalue weighted by atomic mass is 9.78. The molecule has 1 amide bonds. The van der Waals surface area contributed by atoms with Crippen LogP contribution in [0.2, 0.25) is 10.0 Å². The third-order valence-electron chi connectivity index (χ3n) is 6.96. The van der Waals surface area contributed by atoms with E-state index in [4.69, 9.17) is 23.2 Å². The second-order valence-electron chi connectivity index (χ2n) is 9.07. The van der Waals surface area contributed by atoms with Crippen molar-refractivity contribution < 1.29 is 4.79 Å². The molecule has 1 aliphatic heterocycles. The fourth-order valence-electron chi connectivity index (χ4n) is 4.97. The maximum absolute atomic E-state index is 12.8. The lowest BCUT2D eigenvalue weighted by Gasteiger charge is -2.40. The summed E-state index contributed by atoms with van der Waals surface area (Å²) < 4.78 is 0. The number of aromatic nitrogens is 1. The lowest BCUT2D eigenvalue weighted by molar-refractivity contribution is 0.0879. The molecule has 172 valence electrons. The molecule has 1 saturated carbocycles. The Morgan fingerprint density at radius 1 is 1.00 bits per heavy atom. The molecule has 1 aromatic heterocycles. The highest BCUT2D eigenvalue weighted by molar-refractivity contribution is 6.43. The number of nitrogens with one attached hydrogen (secondary N) is 1. The number of carbonyl (C=O) groups excluding carboxylic acids is 1. The van der Waals surface area contributed by atoms with Gasteiger partial charge in [-0.25, -0.2) is 0 Å². The van der Waals surface area contributed by atoms with Crippen LogP contribution in [0.15, 0.2) is 54.7 Å².